The Morgan fingerprint density at radius 3 is 2.67 bits per heavy atom. The van der Waals surface area contributed by atoms with E-state index >= 15 is 0 Å². The van der Waals surface area contributed by atoms with Crippen molar-refractivity contribution in [3.8, 4) is 0 Å². The zero-order chi connectivity index (χ0) is 16.0. The number of nitro groups is 1. The molecule has 0 amide bonds. The molecule has 0 saturated heterocycles. The Morgan fingerprint density at radius 2 is 2.14 bits per heavy atom. The van der Waals surface area contributed by atoms with E-state index in [4.69, 9.17) is 10.6 Å². The Kier molecular flexibility index (Phi) is 5.61. The second kappa shape index (κ2) is 7.20. The fourth-order valence-electron chi connectivity index (χ4n) is 1.70. The highest BCUT2D eigenvalue weighted by atomic mass is 16.6. The largest absolute Gasteiger partial charge is 0.478 e. The quantitative estimate of drug-likeness (QED) is 0.225. The minimum atomic E-state index is -1.65. The van der Waals surface area contributed by atoms with Crippen LogP contribution in [0.2, 0.25) is 0 Å². The Morgan fingerprint density at radius 1 is 1.48 bits per heavy atom. The van der Waals surface area contributed by atoms with Gasteiger partial charge in [-0.05, 0) is 18.0 Å². The summed E-state index contributed by atoms with van der Waals surface area (Å²) in [7, 11) is 0. The van der Waals surface area contributed by atoms with Crippen molar-refractivity contribution in [2.45, 2.75) is 18.6 Å². The van der Waals surface area contributed by atoms with Crippen molar-refractivity contribution in [2.24, 2.45) is 5.11 Å². The molecule has 0 aromatic heterocycles. The number of carbonyl (C=O) groups is 1. The van der Waals surface area contributed by atoms with Gasteiger partial charge < -0.3 is 15.3 Å². The molecule has 10 nitrogen and oxygen atoms in total. The molecule has 0 aliphatic rings. The number of hydrogen-bond acceptors (Lipinski definition) is 6. The number of hydrogen-bond donors (Lipinski definition) is 3. The van der Waals surface area contributed by atoms with E-state index in [1.165, 1.54) is 0 Å². The van der Waals surface area contributed by atoms with Crippen LogP contribution in [0.3, 0.4) is 0 Å². The number of nitrogens with zero attached hydrogens (tertiary/aromatic N) is 4. The van der Waals surface area contributed by atoms with Gasteiger partial charge in [0.15, 0.2) is 0 Å². The summed E-state index contributed by atoms with van der Waals surface area (Å²) in [6.07, 6.45) is -3.19. The van der Waals surface area contributed by atoms with Crippen LogP contribution >= 0.6 is 0 Å². The highest BCUT2D eigenvalue weighted by Crippen LogP contribution is 2.27. The van der Waals surface area contributed by atoms with E-state index in [2.05, 4.69) is 10.0 Å². The van der Waals surface area contributed by atoms with Crippen molar-refractivity contribution in [3.63, 3.8) is 0 Å². The summed E-state index contributed by atoms with van der Waals surface area (Å²) >= 11 is 0. The van der Waals surface area contributed by atoms with Crippen LogP contribution in [0.4, 0.5) is 5.69 Å². The summed E-state index contributed by atoms with van der Waals surface area (Å²) < 4.78 is 0. The third kappa shape index (κ3) is 4.14. The average molecular weight is 296 g/mol. The molecule has 1 aromatic carbocycles. The van der Waals surface area contributed by atoms with Crippen molar-refractivity contribution in [1.82, 2.24) is 0 Å². The number of benzene rings is 1. The first-order valence-electron chi connectivity index (χ1n) is 5.77. The van der Waals surface area contributed by atoms with Gasteiger partial charge in [-0.15, -0.1) is 0 Å². The van der Waals surface area contributed by atoms with Crippen molar-refractivity contribution < 1.29 is 25.0 Å². The molecule has 0 spiro atoms. The molecule has 0 aliphatic heterocycles. The lowest BCUT2D eigenvalue weighted by molar-refractivity contribution is -0.385. The zero-order valence-electron chi connectivity index (χ0n) is 10.7. The van der Waals surface area contributed by atoms with E-state index in [1.807, 2.05) is 0 Å². The first kappa shape index (κ1) is 16.4. The number of carboxylic acids is 1. The van der Waals surface area contributed by atoms with Crippen LogP contribution in [-0.4, -0.2) is 38.9 Å². The lowest BCUT2D eigenvalue weighted by Crippen LogP contribution is -2.21. The third-order valence-electron chi connectivity index (χ3n) is 2.75. The number of aromatic carboxylic acids is 1. The number of rotatable bonds is 7. The first-order chi connectivity index (χ1) is 9.88. The highest BCUT2D eigenvalue weighted by molar-refractivity contribution is 5.90. The van der Waals surface area contributed by atoms with Crippen molar-refractivity contribution in [2.75, 3.05) is 6.54 Å². The van der Waals surface area contributed by atoms with Crippen LogP contribution in [0, 0.1) is 10.1 Å². The molecule has 10 heteroatoms. The van der Waals surface area contributed by atoms with E-state index in [1.54, 1.807) is 0 Å². The monoisotopic (exact) mass is 296 g/mol. The molecule has 21 heavy (non-hydrogen) atoms. The number of aliphatic hydroxyl groups excluding tert-OH is 2. The fourth-order valence-corrected chi connectivity index (χ4v) is 1.70. The second-order valence-corrected chi connectivity index (χ2v) is 4.09. The van der Waals surface area contributed by atoms with Gasteiger partial charge in [0.1, 0.15) is 6.10 Å². The normalized spacial score (nSPS) is 13.0. The van der Waals surface area contributed by atoms with Gasteiger partial charge >= 0.3 is 5.97 Å². The van der Waals surface area contributed by atoms with Crippen molar-refractivity contribution >= 4 is 11.7 Å². The second-order valence-electron chi connectivity index (χ2n) is 4.09. The molecule has 0 bridgehead atoms. The average Bonchev–Trinajstić information content (AvgIpc) is 2.45. The molecule has 2 unspecified atom stereocenters. The van der Waals surface area contributed by atoms with Crippen molar-refractivity contribution in [1.29, 1.82) is 0 Å². The van der Waals surface area contributed by atoms with Crippen LogP contribution in [0.1, 0.15) is 28.4 Å². The summed E-state index contributed by atoms with van der Waals surface area (Å²) in [5, 5.41) is 42.6. The van der Waals surface area contributed by atoms with Gasteiger partial charge in [0.25, 0.3) is 5.69 Å². The number of aliphatic hydroxyl groups is 2. The predicted octanol–water partition coefficient (Wildman–Crippen LogP) is 1.39. The standard InChI is InChI=1S/C11H12N4O6/c12-14-13-4-3-9(16)10(17)8-5-6(15(20)21)1-2-7(8)11(18)19/h1-2,5,9-10,16-17H,3-4H2,(H,18,19). The summed E-state index contributed by atoms with van der Waals surface area (Å²) in [6, 6.07) is 2.87. The van der Waals surface area contributed by atoms with Crippen LogP contribution in [0.15, 0.2) is 23.3 Å². The number of azide groups is 1. The van der Waals surface area contributed by atoms with Gasteiger partial charge in [0.2, 0.25) is 0 Å². The molecule has 0 radical (unpaired) electrons. The smallest absolute Gasteiger partial charge is 0.336 e. The summed E-state index contributed by atoms with van der Waals surface area (Å²) in [5.41, 5.74) is 7.08. The molecular weight excluding hydrogens is 284 g/mol. The Labute approximate surface area is 118 Å². The lowest BCUT2D eigenvalue weighted by atomic mass is 9.96. The zero-order valence-corrected chi connectivity index (χ0v) is 10.7. The summed E-state index contributed by atoms with van der Waals surface area (Å²) in [4.78, 5) is 23.5. The third-order valence-corrected chi connectivity index (χ3v) is 2.75. The van der Waals surface area contributed by atoms with Crippen LogP contribution < -0.4 is 0 Å². The maximum absolute atomic E-state index is 11.1. The van der Waals surface area contributed by atoms with Gasteiger partial charge in [0, 0.05) is 29.2 Å². The fraction of sp³-hybridized carbons (Fsp3) is 0.364. The highest BCUT2D eigenvalue weighted by Gasteiger charge is 2.25. The molecule has 0 saturated carbocycles. The molecule has 2 atom stereocenters. The Hall–Kier alpha value is -2.68. The van der Waals surface area contributed by atoms with Gasteiger partial charge in [-0.3, -0.25) is 10.1 Å². The molecule has 0 fully saturated rings. The van der Waals surface area contributed by atoms with Gasteiger partial charge in [-0.2, -0.15) is 0 Å². The van der Waals surface area contributed by atoms with Crippen LogP contribution in [-0.2, 0) is 0 Å². The molecular formula is C11H12N4O6. The van der Waals surface area contributed by atoms with E-state index in [9.17, 15) is 25.1 Å². The molecule has 0 heterocycles. The van der Waals surface area contributed by atoms with E-state index in [0.717, 1.165) is 18.2 Å². The van der Waals surface area contributed by atoms with Gasteiger partial charge in [0.05, 0.1) is 16.6 Å². The van der Waals surface area contributed by atoms with E-state index in [-0.39, 0.29) is 24.1 Å². The molecule has 1 aromatic rings. The minimum Gasteiger partial charge on any atom is -0.478 e. The Bertz CT molecular complexity index is 598. The minimum absolute atomic E-state index is 0.105. The molecule has 0 aliphatic carbocycles. The maximum atomic E-state index is 11.1. The topological polar surface area (TPSA) is 170 Å². The van der Waals surface area contributed by atoms with Gasteiger partial charge in [-0.25, -0.2) is 4.79 Å². The van der Waals surface area contributed by atoms with Crippen LogP contribution in [0.5, 0.6) is 0 Å². The van der Waals surface area contributed by atoms with Crippen molar-refractivity contribution in [3.05, 3.63) is 49.9 Å². The van der Waals surface area contributed by atoms with E-state index in [0.29, 0.717) is 0 Å². The van der Waals surface area contributed by atoms with Gasteiger partial charge in [-0.1, -0.05) is 5.11 Å². The van der Waals surface area contributed by atoms with Crippen LogP contribution in [0.25, 0.3) is 10.4 Å². The first-order valence-corrected chi connectivity index (χ1v) is 5.77. The molecule has 112 valence electrons. The number of carboxylic acid groups (broad SMARTS) is 1. The SMILES string of the molecule is [N-]=[N+]=NCCC(O)C(O)c1cc([N+](=O)[O-])ccc1C(=O)O. The number of nitro benzene ring substituents is 1. The molecule has 3 N–H and O–H groups in total. The summed E-state index contributed by atoms with van der Waals surface area (Å²) in [6.45, 7) is -0.105. The lowest BCUT2D eigenvalue weighted by Gasteiger charge is -2.18. The predicted molar refractivity (Wildman–Crippen MR) is 69.7 cm³/mol. The van der Waals surface area contributed by atoms with E-state index < -0.39 is 28.8 Å². The maximum Gasteiger partial charge on any atom is 0.336 e. The Balaban J connectivity index is 3.12. The number of non-ortho nitro benzene ring substituents is 1. The molecule has 1 rings (SSSR count). The summed E-state index contributed by atoms with van der Waals surface area (Å²) in [5.74, 6) is -1.39.